The summed E-state index contributed by atoms with van der Waals surface area (Å²) in [6, 6.07) is 33.8. The SMILES string of the molecule is Bc1c2c(c(B)c3ccccc13)C1(c3ccccc3Sc3ccccc31)c1ccc(Br)cc1-2. The Balaban J connectivity index is 1.79. The summed E-state index contributed by atoms with van der Waals surface area (Å²) in [5, 5.41) is 2.71. The van der Waals surface area contributed by atoms with Crippen LogP contribution in [0.15, 0.2) is 105 Å². The summed E-state index contributed by atoms with van der Waals surface area (Å²) in [6.07, 6.45) is 0. The topological polar surface area (TPSA) is 0 Å². The highest BCUT2D eigenvalue weighted by molar-refractivity contribution is 9.10. The van der Waals surface area contributed by atoms with Crippen molar-refractivity contribution in [1.82, 2.24) is 0 Å². The van der Waals surface area contributed by atoms with Crippen molar-refractivity contribution < 1.29 is 0 Å². The molecule has 2 aliphatic rings. The first-order valence-corrected chi connectivity index (χ1v) is 12.9. The van der Waals surface area contributed by atoms with Crippen LogP contribution in [0.25, 0.3) is 21.9 Å². The molecular formula is C29H19B2BrS. The number of halogens is 1. The smallest absolute Gasteiger partial charge is 0.0894 e. The Morgan fingerprint density at radius 1 is 0.636 bits per heavy atom. The van der Waals surface area contributed by atoms with Gasteiger partial charge >= 0.3 is 0 Å². The Labute approximate surface area is 208 Å². The third kappa shape index (κ3) is 2.41. The third-order valence-corrected chi connectivity index (χ3v) is 9.21. The molecule has 154 valence electrons. The first-order valence-electron chi connectivity index (χ1n) is 11.3. The van der Waals surface area contributed by atoms with Crippen molar-refractivity contribution in [2.24, 2.45) is 0 Å². The molecule has 5 aromatic carbocycles. The highest BCUT2D eigenvalue weighted by atomic mass is 79.9. The van der Waals surface area contributed by atoms with Crippen LogP contribution in [0.2, 0.25) is 0 Å². The van der Waals surface area contributed by atoms with E-state index in [-0.39, 0.29) is 5.41 Å². The number of rotatable bonds is 0. The van der Waals surface area contributed by atoms with Crippen LogP contribution < -0.4 is 10.9 Å². The van der Waals surface area contributed by atoms with Gasteiger partial charge in [-0.25, -0.2) is 0 Å². The second-order valence-electron chi connectivity index (χ2n) is 9.08. The maximum Gasteiger partial charge on any atom is 0.140 e. The molecule has 1 spiro atoms. The Bertz CT molecular complexity index is 1590. The van der Waals surface area contributed by atoms with Crippen molar-refractivity contribution in [3.63, 3.8) is 0 Å². The molecule has 0 saturated carbocycles. The molecule has 0 nitrogen and oxygen atoms in total. The van der Waals surface area contributed by atoms with Gasteiger partial charge in [-0.1, -0.05) is 105 Å². The number of hydrogen-bond donors (Lipinski definition) is 0. The first-order chi connectivity index (χ1) is 16.1. The molecule has 0 unspecified atom stereocenters. The Morgan fingerprint density at radius 2 is 1.21 bits per heavy atom. The van der Waals surface area contributed by atoms with Crippen LogP contribution in [-0.4, -0.2) is 15.7 Å². The molecule has 0 N–H and O–H groups in total. The lowest BCUT2D eigenvalue weighted by atomic mass is 9.62. The minimum Gasteiger partial charge on any atom is -0.0894 e. The molecule has 0 aromatic heterocycles. The fourth-order valence-electron chi connectivity index (χ4n) is 6.33. The molecule has 1 aliphatic heterocycles. The standard InChI is InChI=1S/C29H19B2BrS/c30-27-17-7-1-2-8-18(17)28(31)26-25(27)19-15-16(32)13-14-20(19)29(26)21-9-3-5-11-23(21)33-24-12-6-4-10-22(24)29/h1-15H,30-31H2. The zero-order chi connectivity index (χ0) is 22.3. The van der Waals surface area contributed by atoms with E-state index in [1.165, 1.54) is 64.9 Å². The van der Waals surface area contributed by atoms with Gasteiger partial charge in [0.2, 0.25) is 0 Å². The van der Waals surface area contributed by atoms with Crippen molar-refractivity contribution >= 4 is 65.1 Å². The molecule has 1 aliphatic carbocycles. The van der Waals surface area contributed by atoms with Crippen molar-refractivity contribution in [1.29, 1.82) is 0 Å². The second-order valence-corrected chi connectivity index (χ2v) is 11.1. The van der Waals surface area contributed by atoms with Crippen LogP contribution in [0.3, 0.4) is 0 Å². The lowest BCUT2D eigenvalue weighted by Gasteiger charge is -2.40. The van der Waals surface area contributed by atoms with Gasteiger partial charge in [-0.2, -0.15) is 0 Å². The molecule has 0 saturated heterocycles. The summed E-state index contributed by atoms with van der Waals surface area (Å²) >= 11 is 5.68. The highest BCUT2D eigenvalue weighted by Crippen LogP contribution is 2.61. The van der Waals surface area contributed by atoms with Crippen molar-refractivity contribution in [3.8, 4) is 11.1 Å². The van der Waals surface area contributed by atoms with Gasteiger partial charge < -0.3 is 0 Å². The van der Waals surface area contributed by atoms with E-state index >= 15 is 0 Å². The van der Waals surface area contributed by atoms with Crippen LogP contribution >= 0.6 is 27.7 Å². The first kappa shape index (κ1) is 19.8. The highest BCUT2D eigenvalue weighted by Gasteiger charge is 2.51. The van der Waals surface area contributed by atoms with Crippen molar-refractivity contribution in [2.45, 2.75) is 15.2 Å². The minimum atomic E-state index is -0.317. The second kappa shape index (κ2) is 6.91. The zero-order valence-electron chi connectivity index (χ0n) is 18.4. The Morgan fingerprint density at radius 3 is 1.88 bits per heavy atom. The zero-order valence-corrected chi connectivity index (χ0v) is 20.8. The Hall–Kier alpha value is -2.68. The van der Waals surface area contributed by atoms with Gasteiger partial charge in [0.1, 0.15) is 15.7 Å². The molecule has 0 radical (unpaired) electrons. The van der Waals surface area contributed by atoms with E-state index in [1.807, 2.05) is 11.8 Å². The van der Waals surface area contributed by atoms with Crippen LogP contribution in [0.1, 0.15) is 22.3 Å². The fourth-order valence-corrected chi connectivity index (χ4v) is 7.88. The molecule has 7 rings (SSSR count). The van der Waals surface area contributed by atoms with E-state index in [1.54, 1.807) is 0 Å². The summed E-state index contributed by atoms with van der Waals surface area (Å²) < 4.78 is 1.13. The molecule has 0 bridgehead atoms. The van der Waals surface area contributed by atoms with Crippen molar-refractivity contribution in [2.75, 3.05) is 0 Å². The van der Waals surface area contributed by atoms with Crippen LogP contribution in [0.4, 0.5) is 0 Å². The molecule has 0 fully saturated rings. The fraction of sp³-hybridized carbons (Fsp3) is 0.0345. The number of fused-ring (bicyclic) bond motifs is 10. The molecule has 4 heteroatoms. The van der Waals surface area contributed by atoms with Gasteiger partial charge in [-0.15, -0.1) is 0 Å². The summed E-state index contributed by atoms with van der Waals surface area (Å²) in [5.41, 5.74) is 10.8. The van der Waals surface area contributed by atoms with Gasteiger partial charge in [0.15, 0.2) is 0 Å². The summed E-state index contributed by atoms with van der Waals surface area (Å²) in [7, 11) is 4.63. The van der Waals surface area contributed by atoms with Crippen LogP contribution in [-0.2, 0) is 5.41 Å². The predicted octanol–water partition coefficient (Wildman–Crippen LogP) is 4.95. The lowest BCUT2D eigenvalue weighted by Crippen LogP contribution is -2.37. The Kier molecular flexibility index (Phi) is 4.14. The molecular weight excluding hydrogens is 482 g/mol. The van der Waals surface area contributed by atoms with E-state index in [4.69, 9.17) is 0 Å². The maximum atomic E-state index is 3.78. The monoisotopic (exact) mass is 500 g/mol. The van der Waals surface area contributed by atoms with Crippen LogP contribution in [0.5, 0.6) is 0 Å². The van der Waals surface area contributed by atoms with E-state index in [9.17, 15) is 0 Å². The third-order valence-electron chi connectivity index (χ3n) is 7.57. The van der Waals surface area contributed by atoms with Crippen LogP contribution in [0, 0.1) is 0 Å². The molecule has 0 atom stereocenters. The van der Waals surface area contributed by atoms with Gasteiger partial charge in [-0.3, -0.25) is 0 Å². The normalized spacial score (nSPS) is 14.6. The summed E-state index contributed by atoms with van der Waals surface area (Å²) in [5.74, 6) is 0. The summed E-state index contributed by atoms with van der Waals surface area (Å²) in [4.78, 5) is 2.70. The molecule has 33 heavy (non-hydrogen) atoms. The van der Waals surface area contributed by atoms with E-state index in [0.717, 1.165) is 4.47 Å². The van der Waals surface area contributed by atoms with Gasteiger partial charge in [0, 0.05) is 14.3 Å². The largest absolute Gasteiger partial charge is 0.140 e. The number of benzene rings is 5. The molecule has 0 amide bonds. The minimum absolute atomic E-state index is 0.317. The summed E-state index contributed by atoms with van der Waals surface area (Å²) in [6.45, 7) is 0. The quantitative estimate of drug-likeness (QED) is 0.266. The predicted molar refractivity (Wildman–Crippen MR) is 149 cm³/mol. The number of hydrogen-bond acceptors (Lipinski definition) is 1. The van der Waals surface area contributed by atoms with E-state index < -0.39 is 0 Å². The maximum absolute atomic E-state index is 3.78. The molecule has 1 heterocycles. The lowest BCUT2D eigenvalue weighted by molar-refractivity contribution is 0.727. The van der Waals surface area contributed by atoms with Crippen molar-refractivity contribution in [3.05, 3.63) is 118 Å². The van der Waals surface area contributed by atoms with Gasteiger partial charge in [0.25, 0.3) is 0 Å². The van der Waals surface area contributed by atoms with E-state index in [2.05, 4.69) is 123 Å². The average molecular weight is 501 g/mol. The molecule has 5 aromatic rings. The van der Waals surface area contributed by atoms with Gasteiger partial charge in [-0.05, 0) is 68.4 Å². The van der Waals surface area contributed by atoms with Gasteiger partial charge in [0.05, 0.1) is 5.41 Å². The van der Waals surface area contributed by atoms with E-state index in [0.29, 0.717) is 0 Å². The average Bonchev–Trinajstić information content (AvgIpc) is 3.14.